The van der Waals surface area contributed by atoms with Crippen molar-refractivity contribution in [2.24, 2.45) is 10.1 Å². The number of anilines is 1. The van der Waals surface area contributed by atoms with Gasteiger partial charge in [-0.15, -0.1) is 11.3 Å². The first kappa shape index (κ1) is 21.7. The topological polar surface area (TPSA) is 68.0 Å². The average Bonchev–Trinajstić information content (AvgIpc) is 3.23. The van der Waals surface area contributed by atoms with Crippen LogP contribution in [-0.4, -0.2) is 23.4 Å². The molecule has 34 heavy (non-hydrogen) atoms. The molecule has 0 radical (unpaired) electrons. The van der Waals surface area contributed by atoms with E-state index in [1.54, 1.807) is 35.7 Å². The van der Waals surface area contributed by atoms with Gasteiger partial charge in [0.05, 0.1) is 17.6 Å². The van der Waals surface area contributed by atoms with Gasteiger partial charge in [0, 0.05) is 10.9 Å². The maximum Gasteiger partial charge on any atom is 0.262 e. The molecular weight excluding hydrogens is 465 g/mol. The molecule has 0 saturated carbocycles. The molecule has 0 fully saturated rings. The number of amides is 1. The normalized spacial score (nSPS) is 13.6. The van der Waals surface area contributed by atoms with Gasteiger partial charge in [-0.3, -0.25) is 4.79 Å². The monoisotopic (exact) mass is 480 g/mol. The zero-order valence-corrected chi connectivity index (χ0v) is 18.2. The molecule has 0 atom stereocenters. The molecule has 1 amide bonds. The number of nitrogens with zero attached hydrogens (tertiary/aromatic N) is 3. The highest BCUT2D eigenvalue weighted by Gasteiger charge is 2.18. The van der Waals surface area contributed by atoms with Gasteiger partial charge in [-0.05, 0) is 48.0 Å². The molecule has 0 bridgehead atoms. The number of thiazole rings is 1. The summed E-state index contributed by atoms with van der Waals surface area (Å²) < 4.78 is 48.0. The zero-order chi connectivity index (χ0) is 23.7. The van der Waals surface area contributed by atoms with Gasteiger partial charge in [0.1, 0.15) is 17.3 Å². The molecule has 4 aromatic rings. The molecule has 6 nitrogen and oxygen atoms in total. The second kappa shape index (κ2) is 8.99. The number of para-hydroxylation sites is 1. The highest BCUT2D eigenvalue weighted by atomic mass is 32.1. The molecule has 1 aliphatic heterocycles. The van der Waals surface area contributed by atoms with E-state index < -0.39 is 17.5 Å². The van der Waals surface area contributed by atoms with Gasteiger partial charge in [0.15, 0.2) is 18.2 Å². The summed E-state index contributed by atoms with van der Waals surface area (Å²) in [6.45, 7) is -0.0605. The maximum absolute atomic E-state index is 14.2. The lowest BCUT2D eigenvalue weighted by Gasteiger charge is -2.18. The number of ether oxygens (including phenoxy) is 1. The molecular formula is C24H15F3N4O2S. The minimum absolute atomic E-state index is 0.0605. The van der Waals surface area contributed by atoms with E-state index in [-0.39, 0.29) is 18.2 Å². The fourth-order valence-corrected chi connectivity index (χ4v) is 4.14. The molecule has 5 rings (SSSR count). The van der Waals surface area contributed by atoms with E-state index >= 15 is 0 Å². The lowest BCUT2D eigenvalue weighted by Crippen LogP contribution is -2.25. The summed E-state index contributed by atoms with van der Waals surface area (Å²) in [5.74, 6) is -2.20. The number of halogens is 3. The predicted molar refractivity (Wildman–Crippen MR) is 123 cm³/mol. The van der Waals surface area contributed by atoms with Crippen molar-refractivity contribution in [2.45, 2.75) is 0 Å². The van der Waals surface area contributed by atoms with Crippen molar-refractivity contribution in [3.8, 4) is 17.0 Å². The number of nitrogens with one attached hydrogen (secondary N) is 1. The van der Waals surface area contributed by atoms with Crippen molar-refractivity contribution in [3.05, 3.63) is 93.9 Å². The van der Waals surface area contributed by atoms with Crippen LogP contribution in [0.1, 0.15) is 5.56 Å². The van der Waals surface area contributed by atoms with Crippen molar-refractivity contribution in [2.75, 3.05) is 11.9 Å². The first-order chi connectivity index (χ1) is 16.5. The third kappa shape index (κ3) is 4.35. The summed E-state index contributed by atoms with van der Waals surface area (Å²) in [6.07, 6.45) is 1.35. The Morgan fingerprint density at radius 1 is 1.00 bits per heavy atom. The number of hydrogen-bond acceptors (Lipinski definition) is 5. The number of rotatable bonds is 4. The number of fused-ring (bicyclic) bond motifs is 1. The summed E-state index contributed by atoms with van der Waals surface area (Å²) in [5, 5.41) is 8.94. The molecule has 1 aromatic heterocycles. The summed E-state index contributed by atoms with van der Waals surface area (Å²) >= 11 is 1.22. The number of carbonyl (C=O) groups is 1. The minimum Gasteiger partial charge on any atom is -0.482 e. The molecule has 0 saturated heterocycles. The van der Waals surface area contributed by atoms with Crippen LogP contribution in [0.15, 0.2) is 76.1 Å². The van der Waals surface area contributed by atoms with E-state index in [1.807, 2.05) is 0 Å². The largest absolute Gasteiger partial charge is 0.482 e. The van der Waals surface area contributed by atoms with Crippen LogP contribution in [0.4, 0.5) is 24.5 Å². The Morgan fingerprint density at radius 2 is 1.85 bits per heavy atom. The van der Waals surface area contributed by atoms with E-state index in [1.165, 1.54) is 40.4 Å². The lowest BCUT2D eigenvalue weighted by atomic mass is 10.1. The van der Waals surface area contributed by atoms with Crippen LogP contribution in [0.5, 0.6) is 5.75 Å². The fraction of sp³-hybridized carbons (Fsp3) is 0.0417. The Hall–Kier alpha value is -4.18. The van der Waals surface area contributed by atoms with Crippen LogP contribution in [0, 0.1) is 17.5 Å². The Labute approximate surface area is 195 Å². The van der Waals surface area contributed by atoms with Crippen molar-refractivity contribution in [1.82, 2.24) is 4.68 Å². The Balaban J connectivity index is 1.64. The standard InChI is InChI=1S/C24H15F3N4O2S/c25-16-7-5-14(9-18(16)27)11-28-31-21(13-34-24(31)30-19-4-2-1-3-17(19)26)15-6-8-22-20(10-15)29-23(32)12-33-22/h1-11,13H,12H2,(H,29,32). The third-order valence-electron chi connectivity index (χ3n) is 4.93. The first-order valence-corrected chi connectivity index (χ1v) is 10.9. The van der Waals surface area contributed by atoms with E-state index in [0.29, 0.717) is 33.1 Å². The van der Waals surface area contributed by atoms with Crippen LogP contribution < -0.4 is 14.9 Å². The van der Waals surface area contributed by atoms with Crippen LogP contribution in [0.3, 0.4) is 0 Å². The van der Waals surface area contributed by atoms with Crippen molar-refractivity contribution >= 4 is 34.8 Å². The molecule has 3 aromatic carbocycles. The molecule has 10 heteroatoms. The summed E-state index contributed by atoms with van der Waals surface area (Å²) in [7, 11) is 0. The summed E-state index contributed by atoms with van der Waals surface area (Å²) in [4.78, 5) is 16.5. The van der Waals surface area contributed by atoms with Gasteiger partial charge >= 0.3 is 0 Å². The summed E-state index contributed by atoms with van der Waals surface area (Å²) in [5.41, 5.74) is 2.22. The fourth-order valence-electron chi connectivity index (χ4n) is 3.29. The van der Waals surface area contributed by atoms with Gasteiger partial charge in [0.25, 0.3) is 5.91 Å². The molecule has 1 N–H and O–H groups in total. The van der Waals surface area contributed by atoms with Crippen LogP contribution in [0.25, 0.3) is 11.3 Å². The van der Waals surface area contributed by atoms with E-state index in [4.69, 9.17) is 4.74 Å². The maximum atomic E-state index is 14.2. The molecule has 0 aliphatic carbocycles. The van der Waals surface area contributed by atoms with Gasteiger partial charge < -0.3 is 10.1 Å². The Kier molecular flexibility index (Phi) is 5.72. The molecule has 2 heterocycles. The van der Waals surface area contributed by atoms with Gasteiger partial charge in [-0.2, -0.15) is 5.10 Å². The SMILES string of the molecule is O=C1COc2ccc(-c3csc(=Nc4ccccc4F)n3N=Cc3ccc(F)c(F)c3)cc2N1. The quantitative estimate of drug-likeness (QED) is 0.414. The van der Waals surface area contributed by atoms with Crippen molar-refractivity contribution < 1.29 is 22.7 Å². The second-order valence-corrected chi connectivity index (χ2v) is 8.08. The molecule has 1 aliphatic rings. The van der Waals surface area contributed by atoms with Crippen molar-refractivity contribution in [1.29, 1.82) is 0 Å². The van der Waals surface area contributed by atoms with E-state index in [0.717, 1.165) is 12.1 Å². The number of benzene rings is 3. The second-order valence-electron chi connectivity index (χ2n) is 7.24. The minimum atomic E-state index is -0.999. The smallest absolute Gasteiger partial charge is 0.262 e. The zero-order valence-electron chi connectivity index (χ0n) is 17.3. The average molecular weight is 480 g/mol. The van der Waals surface area contributed by atoms with Gasteiger partial charge in [0.2, 0.25) is 4.80 Å². The lowest BCUT2D eigenvalue weighted by molar-refractivity contribution is -0.118. The van der Waals surface area contributed by atoms with Crippen LogP contribution >= 0.6 is 11.3 Å². The number of hydrogen-bond donors (Lipinski definition) is 1. The molecule has 0 unspecified atom stereocenters. The van der Waals surface area contributed by atoms with E-state index in [2.05, 4.69) is 15.4 Å². The summed E-state index contributed by atoms with van der Waals surface area (Å²) in [6, 6.07) is 14.7. The third-order valence-corrected chi connectivity index (χ3v) is 5.74. The van der Waals surface area contributed by atoms with Gasteiger partial charge in [-0.25, -0.2) is 22.8 Å². The Morgan fingerprint density at radius 3 is 2.68 bits per heavy atom. The number of carbonyl (C=O) groups excluding carboxylic acids is 1. The highest BCUT2D eigenvalue weighted by Crippen LogP contribution is 2.33. The highest BCUT2D eigenvalue weighted by molar-refractivity contribution is 7.07. The molecule has 170 valence electrons. The predicted octanol–water partition coefficient (Wildman–Crippen LogP) is 5.08. The van der Waals surface area contributed by atoms with Crippen molar-refractivity contribution in [3.63, 3.8) is 0 Å². The Bertz CT molecular complexity index is 1510. The van der Waals surface area contributed by atoms with Crippen LogP contribution in [0.2, 0.25) is 0 Å². The van der Waals surface area contributed by atoms with Gasteiger partial charge in [-0.1, -0.05) is 18.2 Å². The molecule has 0 spiro atoms. The van der Waals surface area contributed by atoms with Crippen LogP contribution in [-0.2, 0) is 4.79 Å². The van der Waals surface area contributed by atoms with E-state index in [9.17, 15) is 18.0 Å². The number of aromatic nitrogens is 1. The first-order valence-electron chi connectivity index (χ1n) is 10.0.